The van der Waals surface area contributed by atoms with E-state index in [2.05, 4.69) is 13.0 Å². The number of aldehydes is 1. The summed E-state index contributed by atoms with van der Waals surface area (Å²) in [5, 5.41) is 9.32. The van der Waals surface area contributed by atoms with Gasteiger partial charge in [-0.15, -0.1) is 11.3 Å². The van der Waals surface area contributed by atoms with E-state index in [-0.39, 0.29) is 4.88 Å². The van der Waals surface area contributed by atoms with Crippen LogP contribution in [0.1, 0.15) is 40.6 Å². The van der Waals surface area contributed by atoms with Gasteiger partial charge in [-0.05, 0) is 42.7 Å². The van der Waals surface area contributed by atoms with Crippen molar-refractivity contribution in [3.05, 3.63) is 40.0 Å². The summed E-state index contributed by atoms with van der Waals surface area (Å²) in [6.45, 7) is 4.49. The SMILES string of the molecule is CCCCOc1c(C)cc(-c2cc(F)c(C=O)s2)cc1C#N. The second-order valence-electron chi connectivity index (χ2n) is 4.92. The summed E-state index contributed by atoms with van der Waals surface area (Å²) >= 11 is 1.07. The lowest BCUT2D eigenvalue weighted by Gasteiger charge is -2.12. The molecule has 0 amide bonds. The number of carbonyl (C=O) groups excluding carboxylic acids is 1. The Kier molecular flexibility index (Phi) is 5.29. The van der Waals surface area contributed by atoms with E-state index in [1.54, 1.807) is 6.07 Å². The van der Waals surface area contributed by atoms with Crippen molar-refractivity contribution >= 4 is 17.6 Å². The number of nitrogens with zero attached hydrogens (tertiary/aromatic N) is 1. The predicted octanol–water partition coefficient (Wildman–Crippen LogP) is 4.73. The molecule has 0 aliphatic heterocycles. The van der Waals surface area contributed by atoms with Gasteiger partial charge in [-0.2, -0.15) is 5.26 Å². The Morgan fingerprint density at radius 2 is 2.18 bits per heavy atom. The molecule has 1 heterocycles. The van der Waals surface area contributed by atoms with E-state index >= 15 is 0 Å². The molecule has 0 saturated carbocycles. The summed E-state index contributed by atoms with van der Waals surface area (Å²) in [6, 6.07) is 6.97. The van der Waals surface area contributed by atoms with E-state index in [1.165, 1.54) is 6.07 Å². The van der Waals surface area contributed by atoms with Gasteiger partial charge in [0.1, 0.15) is 22.5 Å². The fourth-order valence-electron chi connectivity index (χ4n) is 2.11. The molecule has 22 heavy (non-hydrogen) atoms. The molecule has 0 aliphatic rings. The van der Waals surface area contributed by atoms with Crippen LogP contribution in [0.4, 0.5) is 4.39 Å². The molecular weight excluding hydrogens is 301 g/mol. The van der Waals surface area contributed by atoms with E-state index < -0.39 is 5.82 Å². The zero-order valence-corrected chi connectivity index (χ0v) is 13.3. The lowest BCUT2D eigenvalue weighted by Crippen LogP contribution is -2.00. The first-order valence-corrected chi connectivity index (χ1v) is 7.84. The van der Waals surface area contributed by atoms with Crippen molar-refractivity contribution in [2.75, 3.05) is 6.61 Å². The van der Waals surface area contributed by atoms with Crippen molar-refractivity contribution in [1.29, 1.82) is 5.26 Å². The van der Waals surface area contributed by atoms with Crippen LogP contribution >= 0.6 is 11.3 Å². The van der Waals surface area contributed by atoms with Gasteiger partial charge in [-0.1, -0.05) is 13.3 Å². The van der Waals surface area contributed by atoms with Crippen molar-refractivity contribution in [3.8, 4) is 22.3 Å². The van der Waals surface area contributed by atoms with Gasteiger partial charge < -0.3 is 4.74 Å². The minimum absolute atomic E-state index is 0.0643. The lowest BCUT2D eigenvalue weighted by molar-refractivity contribution is 0.112. The zero-order valence-electron chi connectivity index (χ0n) is 12.5. The van der Waals surface area contributed by atoms with Gasteiger partial charge in [-0.3, -0.25) is 4.79 Å². The summed E-state index contributed by atoms with van der Waals surface area (Å²) in [4.78, 5) is 11.4. The minimum atomic E-state index is -0.533. The van der Waals surface area contributed by atoms with Crippen LogP contribution in [0.15, 0.2) is 18.2 Å². The van der Waals surface area contributed by atoms with Crippen LogP contribution in [-0.4, -0.2) is 12.9 Å². The van der Waals surface area contributed by atoms with Crippen molar-refractivity contribution < 1.29 is 13.9 Å². The number of ether oxygens (including phenoxy) is 1. The largest absolute Gasteiger partial charge is 0.492 e. The lowest BCUT2D eigenvalue weighted by atomic mass is 10.0. The molecular formula is C17H16FNO2S. The second kappa shape index (κ2) is 7.19. The van der Waals surface area contributed by atoms with Crippen molar-refractivity contribution in [1.82, 2.24) is 0 Å². The van der Waals surface area contributed by atoms with Crippen LogP contribution in [0.5, 0.6) is 5.75 Å². The molecule has 3 nitrogen and oxygen atoms in total. The maximum absolute atomic E-state index is 13.6. The fourth-order valence-corrected chi connectivity index (χ4v) is 2.95. The number of benzene rings is 1. The van der Waals surface area contributed by atoms with Crippen molar-refractivity contribution in [2.24, 2.45) is 0 Å². The third kappa shape index (κ3) is 3.34. The van der Waals surface area contributed by atoms with Crippen molar-refractivity contribution in [3.63, 3.8) is 0 Å². The molecule has 5 heteroatoms. The molecule has 1 aromatic carbocycles. The molecule has 0 saturated heterocycles. The zero-order chi connectivity index (χ0) is 16.1. The van der Waals surface area contributed by atoms with Crippen LogP contribution < -0.4 is 4.74 Å². The number of hydrogen-bond donors (Lipinski definition) is 0. The first-order chi connectivity index (χ1) is 10.6. The van der Waals surface area contributed by atoms with Crippen LogP contribution in [0.25, 0.3) is 10.4 Å². The monoisotopic (exact) mass is 317 g/mol. The number of unbranched alkanes of at least 4 members (excludes halogenated alkanes) is 1. The van der Waals surface area contributed by atoms with Gasteiger partial charge in [0.15, 0.2) is 6.29 Å². The van der Waals surface area contributed by atoms with Gasteiger partial charge >= 0.3 is 0 Å². The standard InChI is InChI=1S/C17H16FNO2S/c1-3-4-5-21-17-11(2)6-12(7-13(17)9-19)15-8-14(18)16(10-20)22-15/h6-8,10H,3-5H2,1-2H3. The Balaban J connectivity index is 2.40. The molecule has 0 bridgehead atoms. The van der Waals surface area contributed by atoms with Crippen LogP contribution in [0.3, 0.4) is 0 Å². The third-order valence-corrected chi connectivity index (χ3v) is 4.33. The molecule has 114 valence electrons. The Labute approximate surface area is 133 Å². The topological polar surface area (TPSA) is 50.1 Å². The maximum Gasteiger partial charge on any atom is 0.163 e. The molecule has 1 aromatic heterocycles. The Bertz CT molecular complexity index is 731. The summed E-state index contributed by atoms with van der Waals surface area (Å²) < 4.78 is 19.2. The summed E-state index contributed by atoms with van der Waals surface area (Å²) in [6.07, 6.45) is 2.44. The number of hydrogen-bond acceptors (Lipinski definition) is 4. The van der Waals surface area contributed by atoms with Gasteiger partial charge in [0, 0.05) is 4.88 Å². The minimum Gasteiger partial charge on any atom is -0.492 e. The maximum atomic E-state index is 13.6. The molecule has 0 N–H and O–H groups in total. The fraction of sp³-hybridized carbons (Fsp3) is 0.294. The van der Waals surface area contributed by atoms with E-state index in [4.69, 9.17) is 4.74 Å². The molecule has 0 fully saturated rings. The molecule has 0 spiro atoms. The third-order valence-electron chi connectivity index (χ3n) is 3.24. The van der Waals surface area contributed by atoms with Gasteiger partial charge in [-0.25, -0.2) is 4.39 Å². The molecule has 2 rings (SSSR count). The molecule has 0 aliphatic carbocycles. The second-order valence-corrected chi connectivity index (χ2v) is 6.01. The van der Waals surface area contributed by atoms with E-state index in [0.717, 1.165) is 29.7 Å². The highest BCUT2D eigenvalue weighted by Gasteiger charge is 2.14. The average Bonchev–Trinajstić information content (AvgIpc) is 2.89. The first-order valence-electron chi connectivity index (χ1n) is 7.03. The van der Waals surface area contributed by atoms with E-state index in [9.17, 15) is 14.4 Å². The number of aryl methyl sites for hydroxylation is 1. The van der Waals surface area contributed by atoms with Crippen LogP contribution in [0.2, 0.25) is 0 Å². The average molecular weight is 317 g/mol. The van der Waals surface area contributed by atoms with E-state index in [0.29, 0.717) is 34.6 Å². The number of thiophene rings is 1. The number of rotatable bonds is 6. The van der Waals surface area contributed by atoms with Gasteiger partial charge in [0.2, 0.25) is 0 Å². The Hall–Kier alpha value is -2.19. The number of carbonyl (C=O) groups is 1. The van der Waals surface area contributed by atoms with Crippen LogP contribution in [-0.2, 0) is 0 Å². The quantitative estimate of drug-likeness (QED) is 0.572. The number of nitriles is 1. The summed E-state index contributed by atoms with van der Waals surface area (Å²) in [7, 11) is 0. The summed E-state index contributed by atoms with van der Waals surface area (Å²) in [5.41, 5.74) is 1.97. The normalized spacial score (nSPS) is 10.3. The molecule has 0 atom stereocenters. The van der Waals surface area contributed by atoms with E-state index in [1.807, 2.05) is 13.0 Å². The van der Waals surface area contributed by atoms with Crippen molar-refractivity contribution in [2.45, 2.75) is 26.7 Å². The van der Waals surface area contributed by atoms with Gasteiger partial charge in [0.05, 0.1) is 12.2 Å². The molecule has 2 aromatic rings. The number of halogens is 1. The van der Waals surface area contributed by atoms with Gasteiger partial charge in [0.25, 0.3) is 0 Å². The highest BCUT2D eigenvalue weighted by Crippen LogP contribution is 2.35. The van der Waals surface area contributed by atoms with Crippen LogP contribution in [0, 0.1) is 24.1 Å². The highest BCUT2D eigenvalue weighted by molar-refractivity contribution is 7.17. The Morgan fingerprint density at radius 3 is 2.77 bits per heavy atom. The summed E-state index contributed by atoms with van der Waals surface area (Å²) in [5.74, 6) is 0.0433. The first kappa shape index (κ1) is 16.2. The molecule has 0 unspecified atom stereocenters. The Morgan fingerprint density at radius 1 is 1.41 bits per heavy atom. The smallest absolute Gasteiger partial charge is 0.163 e. The highest BCUT2D eigenvalue weighted by atomic mass is 32.1. The predicted molar refractivity (Wildman–Crippen MR) is 85.0 cm³/mol. The molecule has 0 radical (unpaired) electrons.